The Morgan fingerprint density at radius 1 is 1.21 bits per heavy atom. The minimum Gasteiger partial charge on any atom is -0.444 e. The van der Waals surface area contributed by atoms with Crippen LogP contribution in [0.1, 0.15) is 42.4 Å². The number of aromatic nitrogens is 2. The third-order valence-corrected chi connectivity index (χ3v) is 3.89. The number of benzene rings is 1. The molecule has 9 nitrogen and oxygen atoms in total. The quantitative estimate of drug-likeness (QED) is 0.768. The van der Waals surface area contributed by atoms with Gasteiger partial charge in [0.2, 0.25) is 5.91 Å². The topological polar surface area (TPSA) is 120 Å². The summed E-state index contributed by atoms with van der Waals surface area (Å²) < 4.78 is 6.77. The number of hydrogen-bond donors (Lipinski definition) is 2. The molecule has 9 heteroatoms. The molecule has 3 N–H and O–H groups in total. The molecule has 0 saturated carbocycles. The Balaban J connectivity index is 2.09. The van der Waals surface area contributed by atoms with Crippen LogP contribution in [0.15, 0.2) is 30.6 Å². The van der Waals surface area contributed by atoms with Gasteiger partial charge in [0, 0.05) is 13.6 Å². The van der Waals surface area contributed by atoms with Gasteiger partial charge in [-0.05, 0) is 33.3 Å². The van der Waals surface area contributed by atoms with Gasteiger partial charge in [-0.1, -0.05) is 29.8 Å². The fraction of sp³-hybridized carbons (Fsp3) is 0.400. The van der Waals surface area contributed by atoms with Crippen molar-refractivity contribution in [1.29, 1.82) is 0 Å². The van der Waals surface area contributed by atoms with Gasteiger partial charge >= 0.3 is 6.09 Å². The molecule has 3 amide bonds. The highest BCUT2D eigenvalue weighted by atomic mass is 16.6. The number of imidazole rings is 1. The van der Waals surface area contributed by atoms with E-state index in [1.165, 1.54) is 13.4 Å². The molecule has 0 atom stereocenters. The summed E-state index contributed by atoms with van der Waals surface area (Å²) in [5, 5.41) is 2.53. The van der Waals surface area contributed by atoms with Crippen LogP contribution >= 0.6 is 0 Å². The summed E-state index contributed by atoms with van der Waals surface area (Å²) in [4.78, 5) is 41.5. The second-order valence-electron chi connectivity index (χ2n) is 7.80. The first-order valence-electron chi connectivity index (χ1n) is 9.10. The number of carbonyl (C=O) groups is 3. The van der Waals surface area contributed by atoms with Crippen molar-refractivity contribution in [3.63, 3.8) is 0 Å². The Hall–Kier alpha value is -3.36. The molecule has 0 radical (unpaired) electrons. The minimum absolute atomic E-state index is 0.0483. The molecular formula is C20H27N5O4. The van der Waals surface area contributed by atoms with Crippen LogP contribution in [0.25, 0.3) is 0 Å². The van der Waals surface area contributed by atoms with Crippen LogP contribution in [-0.2, 0) is 16.1 Å². The van der Waals surface area contributed by atoms with Crippen LogP contribution in [0, 0.1) is 6.92 Å². The van der Waals surface area contributed by atoms with Crippen LogP contribution in [0.3, 0.4) is 0 Å². The summed E-state index contributed by atoms with van der Waals surface area (Å²) in [6.07, 6.45) is 0.806. The van der Waals surface area contributed by atoms with Gasteiger partial charge in [-0.15, -0.1) is 0 Å². The molecule has 0 aliphatic rings. The molecular weight excluding hydrogens is 374 g/mol. The van der Waals surface area contributed by atoms with Gasteiger partial charge in [-0.25, -0.2) is 9.78 Å². The Morgan fingerprint density at radius 3 is 2.38 bits per heavy atom. The lowest BCUT2D eigenvalue weighted by molar-refractivity contribution is -0.117. The van der Waals surface area contributed by atoms with E-state index in [-0.39, 0.29) is 18.1 Å². The SMILES string of the molecule is Cc1ccc(Cn2cnc(NC(=O)CN(C)C(=O)OC(C)(C)C)c2C(N)=O)cc1. The number of hydrogen-bond acceptors (Lipinski definition) is 5. The highest BCUT2D eigenvalue weighted by Crippen LogP contribution is 2.16. The Kier molecular flexibility index (Phi) is 6.63. The maximum Gasteiger partial charge on any atom is 0.410 e. The number of amides is 3. The Labute approximate surface area is 169 Å². The number of carbonyl (C=O) groups excluding carboxylic acids is 3. The maximum absolute atomic E-state index is 12.3. The molecule has 1 heterocycles. The fourth-order valence-corrected chi connectivity index (χ4v) is 2.53. The highest BCUT2D eigenvalue weighted by molar-refractivity contribution is 6.01. The number of nitrogens with one attached hydrogen (secondary N) is 1. The third-order valence-electron chi connectivity index (χ3n) is 3.89. The Bertz CT molecular complexity index is 897. The van der Waals surface area contributed by atoms with E-state index < -0.39 is 23.5 Å². The summed E-state index contributed by atoms with van der Waals surface area (Å²) in [5.74, 6) is -1.20. The van der Waals surface area contributed by atoms with Gasteiger partial charge in [0.25, 0.3) is 5.91 Å². The zero-order valence-electron chi connectivity index (χ0n) is 17.4. The smallest absolute Gasteiger partial charge is 0.410 e. The summed E-state index contributed by atoms with van der Waals surface area (Å²) in [6.45, 7) is 7.30. The average molecular weight is 401 g/mol. The second kappa shape index (κ2) is 8.76. The second-order valence-corrected chi connectivity index (χ2v) is 7.80. The lowest BCUT2D eigenvalue weighted by atomic mass is 10.1. The van der Waals surface area contributed by atoms with E-state index >= 15 is 0 Å². The van der Waals surface area contributed by atoms with Crippen molar-refractivity contribution < 1.29 is 19.1 Å². The van der Waals surface area contributed by atoms with Crippen molar-refractivity contribution in [3.05, 3.63) is 47.4 Å². The molecule has 0 saturated heterocycles. The van der Waals surface area contributed by atoms with Crippen molar-refractivity contribution in [1.82, 2.24) is 14.5 Å². The number of rotatable bonds is 6. The van der Waals surface area contributed by atoms with E-state index in [4.69, 9.17) is 10.5 Å². The molecule has 1 aromatic carbocycles. The van der Waals surface area contributed by atoms with E-state index in [1.807, 2.05) is 31.2 Å². The number of aryl methyl sites for hydroxylation is 1. The fourth-order valence-electron chi connectivity index (χ4n) is 2.53. The first kappa shape index (κ1) is 21.9. The summed E-state index contributed by atoms with van der Waals surface area (Å²) in [5.41, 5.74) is 6.99. The molecule has 0 bridgehead atoms. The number of nitrogens with zero attached hydrogens (tertiary/aromatic N) is 3. The zero-order valence-corrected chi connectivity index (χ0v) is 17.4. The predicted molar refractivity (Wildman–Crippen MR) is 109 cm³/mol. The van der Waals surface area contributed by atoms with Crippen molar-refractivity contribution >= 4 is 23.7 Å². The predicted octanol–water partition coefficient (Wildman–Crippen LogP) is 2.14. The van der Waals surface area contributed by atoms with Crippen LogP contribution in [0.4, 0.5) is 10.6 Å². The van der Waals surface area contributed by atoms with Crippen molar-refractivity contribution in [2.24, 2.45) is 5.73 Å². The molecule has 0 aliphatic carbocycles. The van der Waals surface area contributed by atoms with Gasteiger partial charge in [0.1, 0.15) is 12.1 Å². The van der Waals surface area contributed by atoms with E-state index in [0.29, 0.717) is 6.54 Å². The molecule has 0 spiro atoms. The van der Waals surface area contributed by atoms with Gasteiger partial charge < -0.3 is 25.3 Å². The van der Waals surface area contributed by atoms with Crippen molar-refractivity contribution in [3.8, 4) is 0 Å². The van der Waals surface area contributed by atoms with Crippen LogP contribution in [0.5, 0.6) is 0 Å². The van der Waals surface area contributed by atoms with Crippen LogP contribution < -0.4 is 11.1 Å². The van der Waals surface area contributed by atoms with E-state index in [0.717, 1.165) is 16.0 Å². The first-order chi connectivity index (χ1) is 13.5. The van der Waals surface area contributed by atoms with Gasteiger partial charge in [-0.2, -0.15) is 0 Å². The van der Waals surface area contributed by atoms with Gasteiger partial charge in [-0.3, -0.25) is 9.59 Å². The molecule has 0 fully saturated rings. The number of ether oxygens (including phenoxy) is 1. The third kappa shape index (κ3) is 6.34. The van der Waals surface area contributed by atoms with Crippen LogP contribution in [0.2, 0.25) is 0 Å². The van der Waals surface area contributed by atoms with E-state index in [2.05, 4.69) is 10.3 Å². The molecule has 29 heavy (non-hydrogen) atoms. The molecule has 1 aromatic heterocycles. The Morgan fingerprint density at radius 2 is 1.83 bits per heavy atom. The number of anilines is 1. The zero-order chi connectivity index (χ0) is 21.8. The number of likely N-dealkylation sites (N-methyl/N-ethyl adjacent to an activating group) is 1. The highest BCUT2D eigenvalue weighted by Gasteiger charge is 2.23. The first-order valence-corrected chi connectivity index (χ1v) is 9.10. The summed E-state index contributed by atoms with van der Waals surface area (Å²) in [7, 11) is 1.44. The average Bonchev–Trinajstić information content (AvgIpc) is 2.97. The summed E-state index contributed by atoms with van der Waals surface area (Å²) in [6, 6.07) is 7.80. The molecule has 156 valence electrons. The molecule has 2 aromatic rings. The van der Waals surface area contributed by atoms with Crippen molar-refractivity contribution in [2.45, 2.75) is 39.8 Å². The molecule has 0 aliphatic heterocycles. The van der Waals surface area contributed by atoms with E-state index in [1.54, 1.807) is 25.3 Å². The summed E-state index contributed by atoms with van der Waals surface area (Å²) >= 11 is 0. The van der Waals surface area contributed by atoms with Gasteiger partial charge in [0.15, 0.2) is 11.5 Å². The number of primary amides is 1. The molecule has 0 unspecified atom stereocenters. The lowest BCUT2D eigenvalue weighted by Crippen LogP contribution is -2.39. The minimum atomic E-state index is -0.717. The maximum atomic E-state index is 12.3. The normalized spacial score (nSPS) is 11.1. The standard InChI is InChI=1S/C20H27N5O4/c1-13-6-8-14(9-7-13)10-25-12-22-18(16(25)17(21)27)23-15(26)11-24(5)19(28)29-20(2,3)4/h6-9,12H,10-11H2,1-5H3,(H2,21,27)(H,23,26). The lowest BCUT2D eigenvalue weighted by Gasteiger charge is -2.24. The van der Waals surface area contributed by atoms with Gasteiger partial charge in [0.05, 0.1) is 6.33 Å². The van der Waals surface area contributed by atoms with Crippen LogP contribution in [-0.4, -0.2) is 51.6 Å². The van der Waals surface area contributed by atoms with Crippen molar-refractivity contribution in [2.75, 3.05) is 18.9 Å². The largest absolute Gasteiger partial charge is 0.444 e. The monoisotopic (exact) mass is 401 g/mol. The number of nitrogens with two attached hydrogens (primary N) is 1. The molecule has 2 rings (SSSR count). The van der Waals surface area contributed by atoms with E-state index in [9.17, 15) is 14.4 Å².